The summed E-state index contributed by atoms with van der Waals surface area (Å²) in [6, 6.07) is 7.53. The maximum atomic E-state index is 11.6. The van der Waals surface area contributed by atoms with Crippen molar-refractivity contribution >= 4 is 11.3 Å². The average Bonchev–Trinajstić information content (AvgIpc) is 2.85. The number of pyridine rings is 1. The van der Waals surface area contributed by atoms with Crippen molar-refractivity contribution in [2.24, 2.45) is 0 Å². The molecule has 0 aliphatic heterocycles. The lowest BCUT2D eigenvalue weighted by atomic mass is 10.2. The fourth-order valence-electron chi connectivity index (χ4n) is 1.89. The molecule has 0 aliphatic rings. The Kier molecular flexibility index (Phi) is 4.73. The minimum atomic E-state index is 0.0784. The minimum absolute atomic E-state index is 0.0784. The predicted molar refractivity (Wildman–Crippen MR) is 76.3 cm³/mol. The number of hydrogen-bond donors (Lipinski definition) is 1. The molecule has 1 N–H and O–H groups in total. The number of nitrogens with zero attached hydrogens (tertiary/aromatic N) is 1. The van der Waals surface area contributed by atoms with E-state index < -0.39 is 0 Å². The van der Waals surface area contributed by atoms with Crippen molar-refractivity contribution in [1.29, 1.82) is 0 Å². The van der Waals surface area contributed by atoms with Crippen molar-refractivity contribution < 1.29 is 0 Å². The van der Waals surface area contributed by atoms with E-state index in [1.165, 1.54) is 5.56 Å². The molecule has 3 nitrogen and oxygen atoms in total. The highest BCUT2D eigenvalue weighted by Gasteiger charge is 1.98. The molecule has 2 aromatic heterocycles. The number of nitrogens with one attached hydrogen (secondary N) is 1. The maximum Gasteiger partial charge on any atom is 0.250 e. The van der Waals surface area contributed by atoms with Gasteiger partial charge in [-0.3, -0.25) is 4.79 Å². The summed E-state index contributed by atoms with van der Waals surface area (Å²) in [5, 5.41) is 7.65. The minimum Gasteiger partial charge on any atom is -0.315 e. The summed E-state index contributed by atoms with van der Waals surface area (Å²) in [7, 11) is 0. The second-order valence-electron chi connectivity index (χ2n) is 4.29. The lowest BCUT2D eigenvalue weighted by molar-refractivity contribution is 0.577. The van der Waals surface area contributed by atoms with Crippen LogP contribution >= 0.6 is 11.3 Å². The molecule has 0 saturated heterocycles. The zero-order chi connectivity index (χ0) is 12.8. The topological polar surface area (TPSA) is 34.0 Å². The SMILES string of the molecule is Cc1cccc(=O)n1CCNCCc1ccsc1. The van der Waals surface area contributed by atoms with Crippen molar-refractivity contribution in [2.75, 3.05) is 13.1 Å². The van der Waals surface area contributed by atoms with E-state index in [1.54, 1.807) is 28.0 Å². The molecule has 2 aromatic rings. The van der Waals surface area contributed by atoms with Gasteiger partial charge in [0.1, 0.15) is 0 Å². The number of aryl methyl sites for hydroxylation is 1. The van der Waals surface area contributed by atoms with E-state index in [4.69, 9.17) is 0 Å². The Bertz CT molecular complexity index is 531. The molecular formula is C14H18N2OS. The Morgan fingerprint density at radius 3 is 2.89 bits per heavy atom. The van der Waals surface area contributed by atoms with Crippen LogP contribution in [0.3, 0.4) is 0 Å². The van der Waals surface area contributed by atoms with Gasteiger partial charge < -0.3 is 9.88 Å². The van der Waals surface area contributed by atoms with Crippen LogP contribution in [-0.2, 0) is 13.0 Å². The molecular weight excluding hydrogens is 244 g/mol. The molecule has 0 aromatic carbocycles. The fraction of sp³-hybridized carbons (Fsp3) is 0.357. The zero-order valence-electron chi connectivity index (χ0n) is 10.6. The third-order valence-corrected chi connectivity index (χ3v) is 3.68. The second kappa shape index (κ2) is 6.52. The van der Waals surface area contributed by atoms with E-state index in [9.17, 15) is 4.79 Å². The summed E-state index contributed by atoms with van der Waals surface area (Å²) < 4.78 is 1.80. The standard InChI is InChI=1S/C14H18N2OS/c1-12-3-2-4-14(17)16(12)9-8-15-7-5-13-6-10-18-11-13/h2-4,6,10-11,15H,5,7-9H2,1H3. The molecule has 2 rings (SSSR count). The maximum absolute atomic E-state index is 11.6. The fourth-order valence-corrected chi connectivity index (χ4v) is 2.60. The summed E-state index contributed by atoms with van der Waals surface area (Å²) in [5.41, 5.74) is 2.47. The van der Waals surface area contributed by atoms with Gasteiger partial charge in [0.05, 0.1) is 0 Å². The Morgan fingerprint density at radius 2 is 2.17 bits per heavy atom. The van der Waals surface area contributed by atoms with E-state index in [0.717, 1.165) is 31.7 Å². The largest absolute Gasteiger partial charge is 0.315 e. The van der Waals surface area contributed by atoms with Gasteiger partial charge in [0.2, 0.25) is 0 Å². The summed E-state index contributed by atoms with van der Waals surface area (Å²) in [4.78, 5) is 11.6. The third-order valence-electron chi connectivity index (χ3n) is 2.95. The highest BCUT2D eigenvalue weighted by Crippen LogP contribution is 2.05. The Morgan fingerprint density at radius 1 is 1.28 bits per heavy atom. The predicted octanol–water partition coefficient (Wildman–Crippen LogP) is 2.05. The van der Waals surface area contributed by atoms with E-state index in [-0.39, 0.29) is 5.56 Å². The van der Waals surface area contributed by atoms with Gasteiger partial charge in [0, 0.05) is 24.8 Å². The van der Waals surface area contributed by atoms with Crippen LogP contribution in [0.2, 0.25) is 0 Å². The zero-order valence-corrected chi connectivity index (χ0v) is 11.4. The van der Waals surface area contributed by atoms with Crippen molar-refractivity contribution in [2.45, 2.75) is 19.9 Å². The highest BCUT2D eigenvalue weighted by atomic mass is 32.1. The number of aromatic nitrogens is 1. The number of rotatable bonds is 6. The van der Waals surface area contributed by atoms with Gasteiger partial charge in [-0.15, -0.1) is 0 Å². The van der Waals surface area contributed by atoms with Crippen LogP contribution in [0.5, 0.6) is 0 Å². The van der Waals surface area contributed by atoms with Gasteiger partial charge in [-0.05, 0) is 48.3 Å². The van der Waals surface area contributed by atoms with Gasteiger partial charge in [-0.1, -0.05) is 6.07 Å². The molecule has 18 heavy (non-hydrogen) atoms. The third kappa shape index (κ3) is 3.55. The molecule has 0 spiro atoms. The molecule has 0 saturated carbocycles. The van der Waals surface area contributed by atoms with Crippen molar-refractivity contribution in [3.05, 3.63) is 56.6 Å². The molecule has 0 unspecified atom stereocenters. The van der Waals surface area contributed by atoms with E-state index in [2.05, 4.69) is 22.1 Å². The van der Waals surface area contributed by atoms with Crippen LogP contribution in [-0.4, -0.2) is 17.7 Å². The summed E-state index contributed by atoms with van der Waals surface area (Å²) in [6.45, 7) is 4.48. The molecule has 96 valence electrons. The Balaban J connectivity index is 1.74. The van der Waals surface area contributed by atoms with E-state index in [0.29, 0.717) is 0 Å². The number of thiophene rings is 1. The average molecular weight is 262 g/mol. The van der Waals surface area contributed by atoms with E-state index in [1.807, 2.05) is 13.0 Å². The first kappa shape index (κ1) is 13.1. The second-order valence-corrected chi connectivity index (χ2v) is 5.07. The monoisotopic (exact) mass is 262 g/mol. The van der Waals surface area contributed by atoms with Crippen LogP contribution in [0.15, 0.2) is 39.8 Å². The van der Waals surface area contributed by atoms with Crippen LogP contribution in [0.25, 0.3) is 0 Å². The van der Waals surface area contributed by atoms with Gasteiger partial charge in [-0.2, -0.15) is 11.3 Å². The Hall–Kier alpha value is -1.39. The lowest BCUT2D eigenvalue weighted by Gasteiger charge is -2.09. The molecule has 0 aliphatic carbocycles. The molecule has 0 atom stereocenters. The molecule has 0 radical (unpaired) electrons. The smallest absolute Gasteiger partial charge is 0.250 e. The summed E-state index contributed by atoms with van der Waals surface area (Å²) >= 11 is 1.73. The first-order chi connectivity index (χ1) is 8.77. The van der Waals surface area contributed by atoms with Crippen molar-refractivity contribution in [1.82, 2.24) is 9.88 Å². The van der Waals surface area contributed by atoms with Gasteiger partial charge in [-0.25, -0.2) is 0 Å². The highest BCUT2D eigenvalue weighted by molar-refractivity contribution is 7.07. The van der Waals surface area contributed by atoms with Gasteiger partial charge in [0.25, 0.3) is 5.56 Å². The number of hydrogen-bond acceptors (Lipinski definition) is 3. The molecule has 0 fully saturated rings. The van der Waals surface area contributed by atoms with Crippen molar-refractivity contribution in [3.63, 3.8) is 0 Å². The first-order valence-corrected chi connectivity index (χ1v) is 7.10. The van der Waals surface area contributed by atoms with Crippen molar-refractivity contribution in [3.8, 4) is 0 Å². The van der Waals surface area contributed by atoms with Gasteiger partial charge in [0.15, 0.2) is 0 Å². The molecule has 2 heterocycles. The molecule has 4 heteroatoms. The first-order valence-electron chi connectivity index (χ1n) is 6.15. The van der Waals surface area contributed by atoms with E-state index >= 15 is 0 Å². The van der Waals surface area contributed by atoms with Crippen LogP contribution < -0.4 is 10.9 Å². The van der Waals surface area contributed by atoms with Crippen LogP contribution in [0.4, 0.5) is 0 Å². The normalized spacial score (nSPS) is 10.7. The molecule has 0 bridgehead atoms. The summed E-state index contributed by atoms with van der Waals surface area (Å²) in [5.74, 6) is 0. The van der Waals surface area contributed by atoms with Crippen LogP contribution in [0.1, 0.15) is 11.3 Å². The lowest BCUT2D eigenvalue weighted by Crippen LogP contribution is -2.28. The van der Waals surface area contributed by atoms with Crippen LogP contribution in [0, 0.1) is 6.92 Å². The summed E-state index contributed by atoms with van der Waals surface area (Å²) in [6.07, 6.45) is 1.05. The quantitative estimate of drug-likeness (QED) is 0.808. The van der Waals surface area contributed by atoms with Gasteiger partial charge >= 0.3 is 0 Å². The Labute approximate surface area is 111 Å². The molecule has 0 amide bonds.